The highest BCUT2D eigenvalue weighted by Crippen LogP contribution is 2.28. The fourth-order valence-electron chi connectivity index (χ4n) is 2.77. The number of hydrogen-bond acceptors (Lipinski definition) is 5. The zero-order chi connectivity index (χ0) is 18.1. The molecule has 0 bridgehead atoms. The van der Waals surface area contributed by atoms with E-state index in [1.54, 1.807) is 6.07 Å². The van der Waals surface area contributed by atoms with Crippen LogP contribution in [0.4, 0.5) is 5.00 Å². The number of nitrogens with zero attached hydrogens (tertiary/aromatic N) is 2. The lowest BCUT2D eigenvalue weighted by atomic mass is 10.2. The first-order valence-corrected chi connectivity index (χ1v) is 8.64. The van der Waals surface area contributed by atoms with Crippen LogP contribution in [-0.2, 0) is 16.0 Å². The summed E-state index contributed by atoms with van der Waals surface area (Å²) in [7, 11) is 1.32. The maximum absolute atomic E-state index is 12.5. The van der Waals surface area contributed by atoms with E-state index >= 15 is 0 Å². The van der Waals surface area contributed by atoms with Crippen molar-refractivity contribution in [3.8, 4) is 0 Å². The molecule has 0 saturated heterocycles. The highest BCUT2D eigenvalue weighted by atomic mass is 32.1. The van der Waals surface area contributed by atoms with E-state index in [0.717, 1.165) is 27.5 Å². The number of ether oxygens (including phenoxy) is 1. The maximum Gasteiger partial charge on any atom is 0.340 e. The Morgan fingerprint density at radius 2 is 2.08 bits per heavy atom. The molecule has 0 spiro atoms. The van der Waals surface area contributed by atoms with Gasteiger partial charge in [-0.1, -0.05) is 6.07 Å². The molecular formula is C18H19N3O3S. The van der Waals surface area contributed by atoms with Gasteiger partial charge in [-0.25, -0.2) is 9.78 Å². The van der Waals surface area contributed by atoms with Crippen molar-refractivity contribution in [3.05, 3.63) is 51.8 Å². The van der Waals surface area contributed by atoms with Gasteiger partial charge in [-0.15, -0.1) is 11.3 Å². The standard InChI is InChI=1S/C18H19N3O3S/c1-10-6-5-7-21-14(12(3)19-16(10)21)9-15(22)20-17-13(18(23)24-4)8-11(2)25-17/h5-8H,9H2,1-4H3,(H,20,22). The Bertz CT molecular complexity index is 972. The van der Waals surface area contributed by atoms with E-state index < -0.39 is 5.97 Å². The number of methoxy groups -OCH3 is 1. The van der Waals surface area contributed by atoms with E-state index in [4.69, 9.17) is 4.74 Å². The molecule has 0 aromatic carbocycles. The molecule has 3 rings (SSSR count). The lowest BCUT2D eigenvalue weighted by molar-refractivity contribution is -0.115. The second kappa shape index (κ2) is 6.68. The van der Waals surface area contributed by atoms with E-state index in [0.29, 0.717) is 10.6 Å². The lowest BCUT2D eigenvalue weighted by Gasteiger charge is -2.06. The minimum Gasteiger partial charge on any atom is -0.465 e. The van der Waals surface area contributed by atoms with Crippen LogP contribution in [0.2, 0.25) is 0 Å². The molecule has 0 fully saturated rings. The van der Waals surface area contributed by atoms with Gasteiger partial charge in [0, 0.05) is 11.1 Å². The van der Waals surface area contributed by atoms with Crippen LogP contribution in [0.25, 0.3) is 5.65 Å². The first-order valence-electron chi connectivity index (χ1n) is 7.82. The van der Waals surface area contributed by atoms with Crippen LogP contribution in [-0.4, -0.2) is 28.4 Å². The zero-order valence-electron chi connectivity index (χ0n) is 14.5. The van der Waals surface area contributed by atoms with Crippen LogP contribution >= 0.6 is 11.3 Å². The van der Waals surface area contributed by atoms with Gasteiger partial charge in [0.05, 0.1) is 30.5 Å². The van der Waals surface area contributed by atoms with Crippen molar-refractivity contribution in [2.24, 2.45) is 0 Å². The quantitative estimate of drug-likeness (QED) is 0.727. The van der Waals surface area contributed by atoms with Gasteiger partial charge in [0.15, 0.2) is 0 Å². The van der Waals surface area contributed by atoms with Crippen molar-refractivity contribution in [1.82, 2.24) is 9.38 Å². The first kappa shape index (κ1) is 17.2. The number of nitrogens with one attached hydrogen (secondary N) is 1. The zero-order valence-corrected chi connectivity index (χ0v) is 15.4. The molecule has 1 amide bonds. The maximum atomic E-state index is 12.5. The van der Waals surface area contributed by atoms with Crippen LogP contribution in [0, 0.1) is 20.8 Å². The summed E-state index contributed by atoms with van der Waals surface area (Å²) in [6, 6.07) is 5.64. The summed E-state index contributed by atoms with van der Waals surface area (Å²) in [6.07, 6.45) is 2.08. The number of rotatable bonds is 4. The summed E-state index contributed by atoms with van der Waals surface area (Å²) in [6.45, 7) is 5.76. The van der Waals surface area contributed by atoms with Crippen molar-refractivity contribution in [1.29, 1.82) is 0 Å². The number of fused-ring (bicyclic) bond motifs is 1. The van der Waals surface area contributed by atoms with Crippen molar-refractivity contribution in [2.75, 3.05) is 12.4 Å². The lowest BCUT2D eigenvalue weighted by Crippen LogP contribution is -2.17. The molecule has 25 heavy (non-hydrogen) atoms. The highest BCUT2D eigenvalue weighted by Gasteiger charge is 2.19. The van der Waals surface area contributed by atoms with E-state index in [9.17, 15) is 9.59 Å². The fraction of sp³-hybridized carbons (Fsp3) is 0.278. The number of amides is 1. The van der Waals surface area contributed by atoms with Crippen LogP contribution in [0.3, 0.4) is 0 Å². The third-order valence-electron chi connectivity index (χ3n) is 3.99. The summed E-state index contributed by atoms with van der Waals surface area (Å²) >= 11 is 1.35. The van der Waals surface area contributed by atoms with Gasteiger partial charge in [-0.2, -0.15) is 0 Å². The van der Waals surface area contributed by atoms with Gasteiger partial charge in [0.2, 0.25) is 5.91 Å². The topological polar surface area (TPSA) is 72.7 Å². The SMILES string of the molecule is COC(=O)c1cc(C)sc1NC(=O)Cc1c(C)nc2c(C)cccn12. The van der Waals surface area contributed by atoms with Crippen LogP contribution in [0.1, 0.15) is 32.2 Å². The molecule has 0 aliphatic heterocycles. The molecule has 3 aromatic rings. The molecular weight excluding hydrogens is 338 g/mol. The minimum absolute atomic E-state index is 0.175. The Labute approximate surface area is 149 Å². The Balaban J connectivity index is 1.86. The fourth-order valence-corrected chi connectivity index (χ4v) is 3.69. The van der Waals surface area contributed by atoms with E-state index in [-0.39, 0.29) is 12.3 Å². The van der Waals surface area contributed by atoms with Crippen LogP contribution in [0.15, 0.2) is 24.4 Å². The average Bonchev–Trinajstić information content (AvgIpc) is 3.08. The summed E-state index contributed by atoms with van der Waals surface area (Å²) in [5, 5.41) is 3.34. The van der Waals surface area contributed by atoms with Gasteiger partial charge in [-0.05, 0) is 38.5 Å². The van der Waals surface area contributed by atoms with Gasteiger partial charge < -0.3 is 14.5 Å². The number of imidazole rings is 1. The Morgan fingerprint density at radius 3 is 2.80 bits per heavy atom. The summed E-state index contributed by atoms with van der Waals surface area (Å²) in [4.78, 5) is 29.8. The molecule has 0 unspecified atom stereocenters. The normalized spacial score (nSPS) is 10.9. The number of aromatic nitrogens is 2. The van der Waals surface area contributed by atoms with Gasteiger partial charge in [0.25, 0.3) is 0 Å². The molecule has 0 saturated carbocycles. The first-order chi connectivity index (χ1) is 11.9. The van der Waals surface area contributed by atoms with Crippen LogP contribution < -0.4 is 5.32 Å². The predicted molar refractivity (Wildman–Crippen MR) is 97.4 cm³/mol. The Hall–Kier alpha value is -2.67. The van der Waals surface area contributed by atoms with Gasteiger partial charge >= 0.3 is 5.97 Å². The number of esters is 1. The molecule has 3 heterocycles. The number of pyridine rings is 1. The predicted octanol–water partition coefficient (Wildman–Crippen LogP) is 3.29. The highest BCUT2D eigenvalue weighted by molar-refractivity contribution is 7.16. The minimum atomic E-state index is -0.457. The average molecular weight is 357 g/mol. The van der Waals surface area contributed by atoms with Gasteiger partial charge in [0.1, 0.15) is 10.6 Å². The molecule has 0 aliphatic rings. The summed E-state index contributed by atoms with van der Waals surface area (Å²) in [5.74, 6) is -0.653. The second-order valence-electron chi connectivity index (χ2n) is 5.85. The number of aryl methyl sites for hydroxylation is 3. The Kier molecular flexibility index (Phi) is 4.59. The molecule has 6 nitrogen and oxygen atoms in total. The van der Waals surface area contributed by atoms with Crippen molar-refractivity contribution >= 4 is 33.9 Å². The monoisotopic (exact) mass is 357 g/mol. The third-order valence-corrected chi connectivity index (χ3v) is 4.95. The smallest absolute Gasteiger partial charge is 0.340 e. The number of hydrogen-bond donors (Lipinski definition) is 1. The molecule has 7 heteroatoms. The molecule has 0 aliphatic carbocycles. The van der Waals surface area contributed by atoms with Crippen molar-refractivity contribution in [2.45, 2.75) is 27.2 Å². The molecule has 0 atom stereocenters. The van der Waals surface area contributed by atoms with E-state index in [2.05, 4.69) is 10.3 Å². The van der Waals surface area contributed by atoms with E-state index in [1.807, 2.05) is 43.5 Å². The molecule has 3 aromatic heterocycles. The largest absolute Gasteiger partial charge is 0.465 e. The number of carbonyl (C=O) groups excluding carboxylic acids is 2. The van der Waals surface area contributed by atoms with E-state index in [1.165, 1.54) is 18.4 Å². The number of anilines is 1. The van der Waals surface area contributed by atoms with Crippen molar-refractivity contribution in [3.63, 3.8) is 0 Å². The number of carbonyl (C=O) groups is 2. The second-order valence-corrected chi connectivity index (χ2v) is 7.10. The van der Waals surface area contributed by atoms with Crippen molar-refractivity contribution < 1.29 is 14.3 Å². The molecule has 0 radical (unpaired) electrons. The Morgan fingerprint density at radius 1 is 1.32 bits per heavy atom. The molecule has 1 N–H and O–H groups in total. The molecule has 130 valence electrons. The summed E-state index contributed by atoms with van der Waals surface area (Å²) in [5.41, 5.74) is 3.94. The van der Waals surface area contributed by atoms with Gasteiger partial charge in [-0.3, -0.25) is 4.79 Å². The summed E-state index contributed by atoms with van der Waals surface area (Å²) < 4.78 is 6.71. The van der Waals surface area contributed by atoms with Crippen LogP contribution in [0.5, 0.6) is 0 Å². The number of thiophene rings is 1. The third kappa shape index (κ3) is 3.28.